The second-order valence-corrected chi connectivity index (χ2v) is 6.00. The molecule has 0 atom stereocenters. The van der Waals surface area contributed by atoms with Gasteiger partial charge in [-0.05, 0) is 53.6 Å². The molecule has 0 heterocycles. The molecular formula is C16H19BrOS. The predicted molar refractivity (Wildman–Crippen MR) is 89.5 cm³/mol. The van der Waals surface area contributed by atoms with Crippen LogP contribution in [0.5, 0.6) is 5.75 Å². The summed E-state index contributed by atoms with van der Waals surface area (Å²) in [5.41, 5.74) is 0. The van der Waals surface area contributed by atoms with Crippen LogP contribution in [0.3, 0.4) is 0 Å². The van der Waals surface area contributed by atoms with Gasteiger partial charge in [-0.3, -0.25) is 0 Å². The van der Waals surface area contributed by atoms with Gasteiger partial charge >= 0.3 is 0 Å². The van der Waals surface area contributed by atoms with Gasteiger partial charge in [0.1, 0.15) is 5.75 Å². The van der Waals surface area contributed by atoms with Crippen molar-refractivity contribution in [3.05, 3.63) is 40.9 Å². The molecule has 0 bridgehead atoms. The van der Waals surface area contributed by atoms with Crippen LogP contribution in [0.15, 0.2) is 40.9 Å². The Morgan fingerprint density at radius 3 is 2.47 bits per heavy atom. The Hall–Kier alpha value is -0.670. The zero-order chi connectivity index (χ0) is 13.5. The maximum Gasteiger partial charge on any atom is 0.119 e. The zero-order valence-corrected chi connectivity index (χ0v) is 13.4. The summed E-state index contributed by atoms with van der Waals surface area (Å²) >= 11 is 7.70. The molecule has 2 rings (SSSR count). The molecule has 2 aromatic carbocycles. The highest BCUT2D eigenvalue weighted by Gasteiger charge is 1.98. The SMILES string of the molecule is SCCCCCCOc1ccc2cc(Br)ccc2c1. The molecule has 0 saturated heterocycles. The van der Waals surface area contributed by atoms with E-state index in [1.54, 1.807) is 0 Å². The van der Waals surface area contributed by atoms with E-state index in [1.807, 2.05) is 6.07 Å². The maximum absolute atomic E-state index is 5.79. The fourth-order valence-corrected chi connectivity index (χ4v) is 2.64. The minimum atomic E-state index is 0.800. The Bertz CT molecular complexity index is 527. The molecule has 102 valence electrons. The Morgan fingerprint density at radius 1 is 0.895 bits per heavy atom. The number of thiol groups is 1. The summed E-state index contributed by atoms with van der Waals surface area (Å²) in [6.45, 7) is 0.800. The highest BCUT2D eigenvalue weighted by molar-refractivity contribution is 9.10. The smallest absolute Gasteiger partial charge is 0.119 e. The number of rotatable bonds is 7. The number of ether oxygens (including phenoxy) is 1. The van der Waals surface area contributed by atoms with Crippen molar-refractivity contribution in [1.29, 1.82) is 0 Å². The van der Waals surface area contributed by atoms with Crippen LogP contribution in [-0.4, -0.2) is 12.4 Å². The fourth-order valence-electron chi connectivity index (χ4n) is 2.04. The first-order chi connectivity index (χ1) is 9.29. The van der Waals surface area contributed by atoms with E-state index in [-0.39, 0.29) is 0 Å². The molecule has 0 radical (unpaired) electrons. The summed E-state index contributed by atoms with van der Waals surface area (Å²) in [7, 11) is 0. The molecule has 0 aliphatic rings. The van der Waals surface area contributed by atoms with E-state index in [9.17, 15) is 0 Å². The summed E-state index contributed by atoms with van der Waals surface area (Å²) in [5, 5.41) is 2.45. The van der Waals surface area contributed by atoms with Crippen molar-refractivity contribution in [2.24, 2.45) is 0 Å². The van der Waals surface area contributed by atoms with Crippen molar-refractivity contribution in [3.63, 3.8) is 0 Å². The van der Waals surface area contributed by atoms with Crippen LogP contribution in [0.25, 0.3) is 10.8 Å². The summed E-state index contributed by atoms with van der Waals surface area (Å²) in [5.74, 6) is 1.95. The third-order valence-electron chi connectivity index (χ3n) is 3.09. The van der Waals surface area contributed by atoms with Gasteiger partial charge in [0.25, 0.3) is 0 Å². The van der Waals surface area contributed by atoms with Crippen molar-refractivity contribution >= 4 is 39.3 Å². The quantitative estimate of drug-likeness (QED) is 0.520. The van der Waals surface area contributed by atoms with Gasteiger partial charge in [-0.25, -0.2) is 0 Å². The van der Waals surface area contributed by atoms with Crippen molar-refractivity contribution in [3.8, 4) is 5.75 Å². The molecule has 0 aliphatic carbocycles. The maximum atomic E-state index is 5.79. The lowest BCUT2D eigenvalue weighted by Crippen LogP contribution is -1.97. The predicted octanol–water partition coefficient (Wildman–Crippen LogP) is 5.47. The van der Waals surface area contributed by atoms with Crippen molar-refractivity contribution in [2.75, 3.05) is 12.4 Å². The minimum absolute atomic E-state index is 0.800. The molecule has 0 N–H and O–H groups in total. The third kappa shape index (κ3) is 4.73. The molecule has 0 amide bonds. The van der Waals surface area contributed by atoms with Gasteiger partial charge in [0, 0.05) is 4.47 Å². The van der Waals surface area contributed by atoms with E-state index in [4.69, 9.17) is 4.74 Å². The van der Waals surface area contributed by atoms with E-state index in [0.29, 0.717) is 0 Å². The van der Waals surface area contributed by atoms with Crippen LogP contribution in [0, 0.1) is 0 Å². The summed E-state index contributed by atoms with van der Waals surface area (Å²) < 4.78 is 6.90. The van der Waals surface area contributed by atoms with E-state index in [0.717, 1.165) is 29.0 Å². The van der Waals surface area contributed by atoms with Gasteiger partial charge in [-0.2, -0.15) is 12.6 Å². The van der Waals surface area contributed by atoms with Crippen molar-refractivity contribution in [1.82, 2.24) is 0 Å². The lowest BCUT2D eigenvalue weighted by Gasteiger charge is -2.07. The van der Waals surface area contributed by atoms with E-state index in [1.165, 1.54) is 30.0 Å². The van der Waals surface area contributed by atoms with Crippen LogP contribution < -0.4 is 4.74 Å². The topological polar surface area (TPSA) is 9.23 Å². The van der Waals surface area contributed by atoms with Crippen molar-refractivity contribution < 1.29 is 4.74 Å². The van der Waals surface area contributed by atoms with E-state index >= 15 is 0 Å². The highest BCUT2D eigenvalue weighted by atomic mass is 79.9. The Labute approximate surface area is 128 Å². The van der Waals surface area contributed by atoms with Gasteiger partial charge in [0.15, 0.2) is 0 Å². The Morgan fingerprint density at radius 2 is 1.63 bits per heavy atom. The molecule has 0 fully saturated rings. The molecule has 1 nitrogen and oxygen atoms in total. The Balaban J connectivity index is 1.86. The molecular weight excluding hydrogens is 320 g/mol. The highest BCUT2D eigenvalue weighted by Crippen LogP contribution is 2.24. The van der Waals surface area contributed by atoms with Crippen LogP contribution >= 0.6 is 28.6 Å². The van der Waals surface area contributed by atoms with Gasteiger partial charge < -0.3 is 4.74 Å². The number of fused-ring (bicyclic) bond motifs is 1. The lowest BCUT2D eigenvalue weighted by molar-refractivity contribution is 0.305. The van der Waals surface area contributed by atoms with Crippen LogP contribution in [0.2, 0.25) is 0 Å². The fraction of sp³-hybridized carbons (Fsp3) is 0.375. The lowest BCUT2D eigenvalue weighted by atomic mass is 10.1. The first-order valence-electron chi connectivity index (χ1n) is 6.72. The number of unbranched alkanes of at least 4 members (excludes halogenated alkanes) is 3. The van der Waals surface area contributed by atoms with Crippen molar-refractivity contribution in [2.45, 2.75) is 25.7 Å². The van der Waals surface area contributed by atoms with Gasteiger partial charge in [0.05, 0.1) is 6.61 Å². The van der Waals surface area contributed by atoms with E-state index < -0.39 is 0 Å². The van der Waals surface area contributed by atoms with Crippen LogP contribution in [0.4, 0.5) is 0 Å². The average molecular weight is 339 g/mol. The van der Waals surface area contributed by atoms with E-state index in [2.05, 4.69) is 58.9 Å². The molecule has 0 unspecified atom stereocenters. The molecule has 2 aromatic rings. The average Bonchev–Trinajstić information content (AvgIpc) is 2.43. The van der Waals surface area contributed by atoms with Gasteiger partial charge in [0.2, 0.25) is 0 Å². The third-order valence-corrected chi connectivity index (χ3v) is 3.90. The molecule has 0 aromatic heterocycles. The monoisotopic (exact) mass is 338 g/mol. The second-order valence-electron chi connectivity index (χ2n) is 4.64. The molecule has 0 aliphatic heterocycles. The normalized spacial score (nSPS) is 10.8. The summed E-state index contributed by atoms with van der Waals surface area (Å²) in [6, 6.07) is 12.5. The molecule has 3 heteroatoms. The van der Waals surface area contributed by atoms with Gasteiger partial charge in [-0.15, -0.1) is 0 Å². The molecule has 19 heavy (non-hydrogen) atoms. The zero-order valence-electron chi connectivity index (χ0n) is 10.9. The van der Waals surface area contributed by atoms with Crippen LogP contribution in [0.1, 0.15) is 25.7 Å². The number of benzene rings is 2. The molecule has 0 saturated carbocycles. The standard InChI is InChI=1S/C16H19BrOS/c17-15-7-5-14-12-16(8-6-13(14)11-15)18-9-3-1-2-4-10-19/h5-8,11-12,19H,1-4,9-10H2. The second kappa shape index (κ2) is 7.81. The minimum Gasteiger partial charge on any atom is -0.494 e. The number of hydrogen-bond acceptors (Lipinski definition) is 2. The first kappa shape index (κ1) is 14.7. The number of hydrogen-bond donors (Lipinski definition) is 1. The Kier molecular flexibility index (Phi) is 6.05. The first-order valence-corrected chi connectivity index (χ1v) is 8.15. The molecule has 0 spiro atoms. The van der Waals surface area contributed by atoms with Gasteiger partial charge in [-0.1, -0.05) is 40.9 Å². The largest absolute Gasteiger partial charge is 0.494 e. The van der Waals surface area contributed by atoms with Crippen LogP contribution in [-0.2, 0) is 0 Å². The number of halogens is 1. The summed E-state index contributed by atoms with van der Waals surface area (Å²) in [4.78, 5) is 0. The summed E-state index contributed by atoms with van der Waals surface area (Å²) in [6.07, 6.45) is 4.79.